The first-order chi connectivity index (χ1) is 9.29. The third-order valence-corrected chi connectivity index (χ3v) is 4.64. The van der Waals surface area contributed by atoms with E-state index in [0.717, 1.165) is 38.6 Å². The molecular formula is C16H31NO2. The standard InChI is InChI=1S/C16H31NO2/c1-2-12-17-13-8-10-14(11-9-13)19-16-7-5-3-4-6-15(16)18/h13-18H,2-12H2,1H3. The minimum absolute atomic E-state index is 0.104. The molecule has 2 rings (SSSR count). The topological polar surface area (TPSA) is 41.5 Å². The normalized spacial score (nSPS) is 36.9. The Labute approximate surface area is 118 Å². The van der Waals surface area contributed by atoms with Gasteiger partial charge in [-0.1, -0.05) is 26.2 Å². The fourth-order valence-electron chi connectivity index (χ4n) is 3.41. The summed E-state index contributed by atoms with van der Waals surface area (Å²) in [7, 11) is 0. The molecule has 2 aliphatic rings. The van der Waals surface area contributed by atoms with E-state index in [1.807, 2.05) is 0 Å². The van der Waals surface area contributed by atoms with Crippen LogP contribution in [0.25, 0.3) is 0 Å². The van der Waals surface area contributed by atoms with E-state index >= 15 is 0 Å². The molecule has 3 heteroatoms. The molecule has 0 radical (unpaired) electrons. The predicted molar refractivity (Wildman–Crippen MR) is 78.3 cm³/mol. The first kappa shape index (κ1) is 15.3. The zero-order valence-electron chi connectivity index (χ0n) is 12.4. The zero-order chi connectivity index (χ0) is 13.5. The second-order valence-electron chi connectivity index (χ2n) is 6.31. The van der Waals surface area contributed by atoms with Crippen molar-refractivity contribution in [1.82, 2.24) is 5.32 Å². The van der Waals surface area contributed by atoms with Gasteiger partial charge in [-0.2, -0.15) is 0 Å². The molecule has 2 atom stereocenters. The Morgan fingerprint density at radius 3 is 2.47 bits per heavy atom. The summed E-state index contributed by atoms with van der Waals surface area (Å²) in [5.41, 5.74) is 0. The highest BCUT2D eigenvalue weighted by molar-refractivity contribution is 4.80. The maximum absolute atomic E-state index is 10.1. The van der Waals surface area contributed by atoms with E-state index in [4.69, 9.17) is 4.74 Å². The zero-order valence-corrected chi connectivity index (χ0v) is 12.4. The first-order valence-electron chi connectivity index (χ1n) is 8.36. The van der Waals surface area contributed by atoms with Crippen molar-refractivity contribution in [3.8, 4) is 0 Å². The van der Waals surface area contributed by atoms with Crippen LogP contribution in [-0.2, 0) is 4.74 Å². The largest absolute Gasteiger partial charge is 0.390 e. The summed E-state index contributed by atoms with van der Waals surface area (Å²) < 4.78 is 6.20. The van der Waals surface area contributed by atoms with E-state index < -0.39 is 0 Å². The quantitative estimate of drug-likeness (QED) is 0.754. The van der Waals surface area contributed by atoms with Crippen LogP contribution in [0.4, 0.5) is 0 Å². The highest BCUT2D eigenvalue weighted by Crippen LogP contribution is 2.27. The number of aliphatic hydroxyl groups excluding tert-OH is 1. The summed E-state index contributed by atoms with van der Waals surface area (Å²) in [6, 6.07) is 0.693. The maximum Gasteiger partial charge on any atom is 0.0837 e. The second-order valence-corrected chi connectivity index (χ2v) is 6.31. The third-order valence-electron chi connectivity index (χ3n) is 4.64. The molecule has 112 valence electrons. The van der Waals surface area contributed by atoms with E-state index in [-0.39, 0.29) is 12.2 Å². The predicted octanol–water partition coefficient (Wildman–Crippen LogP) is 3.01. The van der Waals surface area contributed by atoms with Gasteiger partial charge in [0.1, 0.15) is 0 Å². The lowest BCUT2D eigenvalue weighted by Crippen LogP contribution is -2.38. The van der Waals surface area contributed by atoms with Crippen molar-refractivity contribution in [3.05, 3.63) is 0 Å². The van der Waals surface area contributed by atoms with Gasteiger partial charge in [0.25, 0.3) is 0 Å². The lowest BCUT2D eigenvalue weighted by molar-refractivity contribution is -0.0909. The molecule has 0 spiro atoms. The van der Waals surface area contributed by atoms with Gasteiger partial charge < -0.3 is 15.2 Å². The Balaban J connectivity index is 1.69. The molecule has 19 heavy (non-hydrogen) atoms. The number of rotatable bonds is 5. The van der Waals surface area contributed by atoms with Crippen molar-refractivity contribution in [3.63, 3.8) is 0 Å². The van der Waals surface area contributed by atoms with Gasteiger partial charge in [-0.05, 0) is 51.5 Å². The molecule has 2 aliphatic carbocycles. The van der Waals surface area contributed by atoms with Gasteiger partial charge in [0.05, 0.1) is 18.3 Å². The molecule has 0 aromatic carbocycles. The average molecular weight is 269 g/mol. The van der Waals surface area contributed by atoms with Crippen LogP contribution in [0.1, 0.15) is 71.1 Å². The summed E-state index contributed by atoms with van der Waals surface area (Å²) in [6.45, 7) is 3.35. The lowest BCUT2D eigenvalue weighted by atomic mass is 9.92. The molecule has 3 nitrogen and oxygen atoms in total. The lowest BCUT2D eigenvalue weighted by Gasteiger charge is -2.33. The van der Waals surface area contributed by atoms with E-state index in [9.17, 15) is 5.11 Å². The van der Waals surface area contributed by atoms with Crippen LogP contribution < -0.4 is 5.32 Å². The average Bonchev–Trinajstić information content (AvgIpc) is 2.63. The number of hydrogen-bond donors (Lipinski definition) is 2. The van der Waals surface area contributed by atoms with Gasteiger partial charge in [-0.3, -0.25) is 0 Å². The number of aliphatic hydroxyl groups is 1. The van der Waals surface area contributed by atoms with Crippen LogP contribution >= 0.6 is 0 Å². The fourth-order valence-corrected chi connectivity index (χ4v) is 3.41. The fraction of sp³-hybridized carbons (Fsp3) is 1.00. The van der Waals surface area contributed by atoms with Crippen molar-refractivity contribution in [2.75, 3.05) is 6.54 Å². The summed E-state index contributed by atoms with van der Waals surface area (Å²) in [5.74, 6) is 0. The molecule has 0 aromatic heterocycles. The Morgan fingerprint density at radius 2 is 1.74 bits per heavy atom. The monoisotopic (exact) mass is 269 g/mol. The minimum atomic E-state index is -0.224. The maximum atomic E-state index is 10.1. The molecule has 0 saturated heterocycles. The number of ether oxygens (including phenoxy) is 1. The Hall–Kier alpha value is -0.120. The van der Waals surface area contributed by atoms with Crippen LogP contribution in [0.2, 0.25) is 0 Å². The van der Waals surface area contributed by atoms with E-state index in [2.05, 4.69) is 12.2 Å². The summed E-state index contributed by atoms with van der Waals surface area (Å²) in [5, 5.41) is 13.7. The van der Waals surface area contributed by atoms with Gasteiger partial charge >= 0.3 is 0 Å². The van der Waals surface area contributed by atoms with Crippen molar-refractivity contribution in [2.24, 2.45) is 0 Å². The third kappa shape index (κ3) is 5.05. The molecule has 2 saturated carbocycles. The van der Waals surface area contributed by atoms with E-state index in [1.165, 1.54) is 32.1 Å². The van der Waals surface area contributed by atoms with Gasteiger partial charge in [-0.25, -0.2) is 0 Å². The van der Waals surface area contributed by atoms with Crippen LogP contribution in [0.3, 0.4) is 0 Å². The van der Waals surface area contributed by atoms with Crippen molar-refractivity contribution in [1.29, 1.82) is 0 Å². The SMILES string of the molecule is CCCNC1CCC(OC2CCCCCC2O)CC1. The molecule has 2 fully saturated rings. The van der Waals surface area contributed by atoms with Crippen LogP contribution in [0.15, 0.2) is 0 Å². The molecule has 0 aromatic rings. The molecular weight excluding hydrogens is 238 g/mol. The molecule has 0 heterocycles. The van der Waals surface area contributed by atoms with Crippen LogP contribution in [0, 0.1) is 0 Å². The molecule has 0 bridgehead atoms. The molecule has 0 aliphatic heterocycles. The van der Waals surface area contributed by atoms with Crippen molar-refractivity contribution < 1.29 is 9.84 Å². The van der Waals surface area contributed by atoms with Gasteiger partial charge in [0.2, 0.25) is 0 Å². The van der Waals surface area contributed by atoms with Gasteiger partial charge in [0.15, 0.2) is 0 Å². The number of nitrogens with one attached hydrogen (secondary N) is 1. The summed E-state index contributed by atoms with van der Waals surface area (Å²) in [6.07, 6.45) is 11.9. The molecule has 2 unspecified atom stereocenters. The van der Waals surface area contributed by atoms with Crippen LogP contribution in [0.5, 0.6) is 0 Å². The Kier molecular flexibility index (Phi) is 6.62. The minimum Gasteiger partial charge on any atom is -0.390 e. The number of hydrogen-bond acceptors (Lipinski definition) is 3. The smallest absolute Gasteiger partial charge is 0.0837 e. The van der Waals surface area contributed by atoms with Crippen molar-refractivity contribution in [2.45, 2.75) is 95.5 Å². The summed E-state index contributed by atoms with van der Waals surface area (Å²) in [4.78, 5) is 0. The van der Waals surface area contributed by atoms with Gasteiger partial charge in [0, 0.05) is 6.04 Å². The van der Waals surface area contributed by atoms with Gasteiger partial charge in [-0.15, -0.1) is 0 Å². The second kappa shape index (κ2) is 8.23. The first-order valence-corrected chi connectivity index (χ1v) is 8.36. The Bertz CT molecular complexity index is 239. The Morgan fingerprint density at radius 1 is 1.00 bits per heavy atom. The molecule has 2 N–H and O–H groups in total. The highest BCUT2D eigenvalue weighted by Gasteiger charge is 2.28. The summed E-state index contributed by atoms with van der Waals surface area (Å²) >= 11 is 0. The van der Waals surface area contributed by atoms with Crippen molar-refractivity contribution >= 4 is 0 Å². The van der Waals surface area contributed by atoms with E-state index in [0.29, 0.717) is 12.1 Å². The highest BCUT2D eigenvalue weighted by atomic mass is 16.5. The molecule has 0 amide bonds. The van der Waals surface area contributed by atoms with E-state index in [1.54, 1.807) is 0 Å². The van der Waals surface area contributed by atoms with Crippen LogP contribution in [-0.4, -0.2) is 36.0 Å².